The van der Waals surface area contributed by atoms with Crippen LogP contribution in [0.4, 0.5) is 5.69 Å². The Hall–Kier alpha value is -3.55. The molecule has 2 aromatic heterocycles. The Morgan fingerprint density at radius 2 is 1.56 bits per heavy atom. The van der Waals surface area contributed by atoms with Crippen LogP contribution in [0.15, 0.2) is 60.0 Å². The molecule has 2 heterocycles. The molecule has 0 fully saturated rings. The molecular formula is C24H29N5O3. The number of hydrogen-bond donors (Lipinski definition) is 1. The highest BCUT2D eigenvalue weighted by Crippen LogP contribution is 2.32. The van der Waals surface area contributed by atoms with Crippen LogP contribution in [0.25, 0.3) is 0 Å². The molecule has 0 radical (unpaired) electrons. The van der Waals surface area contributed by atoms with Crippen molar-refractivity contribution < 1.29 is 14.0 Å². The van der Waals surface area contributed by atoms with Crippen LogP contribution in [0, 0.1) is 0 Å². The summed E-state index contributed by atoms with van der Waals surface area (Å²) in [6.07, 6.45) is 6.96. The Bertz CT molecular complexity index is 1050. The summed E-state index contributed by atoms with van der Waals surface area (Å²) in [6.45, 7) is 12.0. The van der Waals surface area contributed by atoms with Gasteiger partial charge in [-0.3, -0.25) is 14.5 Å². The van der Waals surface area contributed by atoms with E-state index in [0.29, 0.717) is 11.3 Å². The van der Waals surface area contributed by atoms with Crippen molar-refractivity contribution in [2.45, 2.75) is 58.5 Å². The highest BCUT2D eigenvalue weighted by atomic mass is 16.3. The third-order valence-corrected chi connectivity index (χ3v) is 4.77. The molecule has 32 heavy (non-hydrogen) atoms. The van der Waals surface area contributed by atoms with Crippen molar-refractivity contribution in [3.63, 3.8) is 0 Å². The lowest BCUT2D eigenvalue weighted by molar-refractivity contribution is -0.123. The second-order valence-electron chi connectivity index (χ2n) is 9.65. The van der Waals surface area contributed by atoms with E-state index in [4.69, 9.17) is 4.42 Å². The maximum absolute atomic E-state index is 13.5. The third kappa shape index (κ3) is 5.38. The maximum atomic E-state index is 13.5. The zero-order valence-corrected chi connectivity index (χ0v) is 19.3. The minimum Gasteiger partial charge on any atom is -0.438 e. The van der Waals surface area contributed by atoms with Crippen molar-refractivity contribution in [1.82, 2.24) is 20.3 Å². The Morgan fingerprint density at radius 3 is 2.06 bits per heavy atom. The molecule has 0 aliphatic heterocycles. The standard InChI is InChI=1S/C24H29N5O3/c1-23(2,3)17-7-9-18(10-8-17)29(22(31)19-13-27-15-32-19)20(16-11-25-14-26-12-16)21(30)28-24(4,5)6/h7-15,20H,1-6H3,(H,28,30). The number of benzene rings is 1. The van der Waals surface area contributed by atoms with Crippen molar-refractivity contribution in [2.75, 3.05) is 4.90 Å². The van der Waals surface area contributed by atoms with Crippen LogP contribution in [0.5, 0.6) is 0 Å². The van der Waals surface area contributed by atoms with Crippen LogP contribution in [-0.2, 0) is 10.2 Å². The second-order valence-corrected chi connectivity index (χ2v) is 9.65. The van der Waals surface area contributed by atoms with Crippen molar-refractivity contribution in [2.24, 2.45) is 0 Å². The van der Waals surface area contributed by atoms with E-state index >= 15 is 0 Å². The van der Waals surface area contributed by atoms with Gasteiger partial charge in [-0.05, 0) is 43.9 Å². The number of oxazole rings is 1. The van der Waals surface area contributed by atoms with Crippen molar-refractivity contribution in [1.29, 1.82) is 0 Å². The molecule has 0 bridgehead atoms. The summed E-state index contributed by atoms with van der Waals surface area (Å²) in [7, 11) is 0. The molecule has 3 aromatic rings. The largest absolute Gasteiger partial charge is 0.438 e. The Kier molecular flexibility index (Phi) is 6.43. The lowest BCUT2D eigenvalue weighted by Gasteiger charge is -2.33. The normalized spacial score (nSPS) is 12.8. The fourth-order valence-electron chi connectivity index (χ4n) is 3.25. The van der Waals surface area contributed by atoms with Crippen LogP contribution >= 0.6 is 0 Å². The lowest BCUT2D eigenvalue weighted by atomic mass is 9.87. The molecule has 0 aliphatic rings. The van der Waals surface area contributed by atoms with Gasteiger partial charge in [0, 0.05) is 29.2 Å². The monoisotopic (exact) mass is 435 g/mol. The number of carbonyl (C=O) groups excluding carboxylic acids is 2. The molecule has 1 aromatic carbocycles. The smallest absolute Gasteiger partial charge is 0.296 e. The Labute approximate surface area is 188 Å². The number of anilines is 1. The lowest BCUT2D eigenvalue weighted by Crippen LogP contribution is -2.49. The summed E-state index contributed by atoms with van der Waals surface area (Å²) in [5.74, 6) is -0.834. The predicted molar refractivity (Wildman–Crippen MR) is 121 cm³/mol. The number of aromatic nitrogens is 3. The average molecular weight is 436 g/mol. The fourth-order valence-corrected chi connectivity index (χ4v) is 3.25. The van der Waals surface area contributed by atoms with E-state index in [0.717, 1.165) is 5.56 Å². The molecule has 168 valence electrons. The molecule has 0 aliphatic carbocycles. The number of hydrogen-bond acceptors (Lipinski definition) is 6. The molecule has 1 N–H and O–H groups in total. The topological polar surface area (TPSA) is 101 Å². The van der Waals surface area contributed by atoms with Gasteiger partial charge in [0.05, 0.1) is 6.20 Å². The first-order chi connectivity index (χ1) is 15.0. The Morgan fingerprint density at radius 1 is 0.938 bits per heavy atom. The molecule has 2 amide bonds. The van der Waals surface area contributed by atoms with E-state index in [1.165, 1.54) is 36.2 Å². The molecular weight excluding hydrogens is 406 g/mol. The first kappa shape index (κ1) is 23.1. The van der Waals surface area contributed by atoms with E-state index < -0.39 is 17.5 Å². The SMILES string of the molecule is CC(C)(C)NC(=O)C(c1cncnc1)N(C(=O)c1cnco1)c1ccc(C(C)(C)C)cc1. The van der Waals surface area contributed by atoms with E-state index in [9.17, 15) is 9.59 Å². The van der Waals surface area contributed by atoms with Crippen molar-refractivity contribution in [3.8, 4) is 0 Å². The highest BCUT2D eigenvalue weighted by molar-refractivity contribution is 6.08. The van der Waals surface area contributed by atoms with Gasteiger partial charge in [-0.25, -0.2) is 15.0 Å². The van der Waals surface area contributed by atoms with Crippen molar-refractivity contribution >= 4 is 17.5 Å². The number of nitrogens with zero attached hydrogens (tertiary/aromatic N) is 4. The third-order valence-electron chi connectivity index (χ3n) is 4.77. The zero-order valence-electron chi connectivity index (χ0n) is 19.3. The van der Waals surface area contributed by atoms with Crippen molar-refractivity contribution in [3.05, 3.63) is 72.5 Å². The summed E-state index contributed by atoms with van der Waals surface area (Å²) in [4.78, 5) is 40.4. The predicted octanol–water partition coefficient (Wildman–Crippen LogP) is 4.06. The van der Waals surface area contributed by atoms with Crippen LogP contribution in [0.3, 0.4) is 0 Å². The molecule has 8 nitrogen and oxygen atoms in total. The number of amides is 2. The minimum atomic E-state index is -1.02. The molecule has 0 spiro atoms. The van der Waals surface area contributed by atoms with Gasteiger partial charge in [0.15, 0.2) is 6.39 Å². The average Bonchev–Trinajstić information content (AvgIpc) is 3.25. The maximum Gasteiger partial charge on any atom is 0.296 e. The summed E-state index contributed by atoms with van der Waals surface area (Å²) >= 11 is 0. The van der Waals surface area contributed by atoms with Crippen LogP contribution < -0.4 is 10.2 Å². The first-order valence-corrected chi connectivity index (χ1v) is 10.4. The van der Waals surface area contributed by atoms with Gasteiger partial charge >= 0.3 is 0 Å². The Balaban J connectivity index is 2.15. The van der Waals surface area contributed by atoms with Crippen LogP contribution in [0.1, 0.15) is 69.3 Å². The molecule has 0 saturated heterocycles. The molecule has 8 heteroatoms. The minimum absolute atomic E-state index is 0.0234. The second kappa shape index (κ2) is 8.90. The summed E-state index contributed by atoms with van der Waals surface area (Å²) in [5.41, 5.74) is 1.54. The molecule has 1 atom stereocenters. The van der Waals surface area contributed by atoms with Crippen LogP contribution in [-0.4, -0.2) is 32.3 Å². The van der Waals surface area contributed by atoms with Gasteiger partial charge in [-0.1, -0.05) is 32.9 Å². The number of carbonyl (C=O) groups is 2. The zero-order chi connectivity index (χ0) is 23.5. The van der Waals surface area contributed by atoms with Gasteiger partial charge in [0.1, 0.15) is 12.4 Å². The molecule has 3 rings (SSSR count). The van der Waals surface area contributed by atoms with Gasteiger partial charge in [0.25, 0.3) is 5.91 Å². The van der Waals surface area contributed by atoms with Crippen LogP contribution in [0.2, 0.25) is 0 Å². The van der Waals surface area contributed by atoms with E-state index in [1.54, 1.807) is 0 Å². The first-order valence-electron chi connectivity index (χ1n) is 10.4. The highest BCUT2D eigenvalue weighted by Gasteiger charge is 2.36. The van der Waals surface area contributed by atoms with Gasteiger partial charge < -0.3 is 9.73 Å². The van der Waals surface area contributed by atoms with Gasteiger partial charge in [-0.15, -0.1) is 0 Å². The fraction of sp³-hybridized carbons (Fsp3) is 0.375. The van der Waals surface area contributed by atoms with E-state index in [-0.39, 0.29) is 17.1 Å². The van der Waals surface area contributed by atoms with Gasteiger partial charge in [0.2, 0.25) is 11.7 Å². The summed E-state index contributed by atoms with van der Waals surface area (Å²) in [5, 5.41) is 2.97. The quantitative estimate of drug-likeness (QED) is 0.648. The molecule has 0 saturated carbocycles. The summed E-state index contributed by atoms with van der Waals surface area (Å²) < 4.78 is 5.28. The van der Waals surface area contributed by atoms with E-state index in [2.05, 4.69) is 41.0 Å². The molecule has 1 unspecified atom stereocenters. The van der Waals surface area contributed by atoms with E-state index in [1.807, 2.05) is 45.0 Å². The summed E-state index contributed by atoms with van der Waals surface area (Å²) in [6, 6.07) is 6.55. The number of nitrogens with one attached hydrogen (secondary N) is 1. The van der Waals surface area contributed by atoms with Gasteiger partial charge in [-0.2, -0.15) is 0 Å². The number of rotatable bonds is 5.